The minimum absolute atomic E-state index is 0.174. The predicted molar refractivity (Wildman–Crippen MR) is 182 cm³/mol. The van der Waals surface area contributed by atoms with Crippen molar-refractivity contribution in [2.75, 3.05) is 63.3 Å². The SMILES string of the molecule is CO[C@@H]1C[C@@H](COc2nc3c(c(N4CCN(C(=O)OC(C)(C)C)[C@@H](CC#N)C4)n2)CCN(c2cccc4cccc(Cl)c24)C3)N(C)C1. The molecule has 0 aliphatic carbocycles. The molecule has 2 saturated heterocycles. The first-order valence-electron chi connectivity index (χ1n) is 16.3. The summed E-state index contributed by atoms with van der Waals surface area (Å²) in [6.07, 6.45) is 1.57. The molecule has 0 unspecified atom stereocenters. The van der Waals surface area contributed by atoms with Crippen molar-refractivity contribution in [3.8, 4) is 12.1 Å². The summed E-state index contributed by atoms with van der Waals surface area (Å²) in [6.45, 7) is 9.61. The molecule has 3 aliphatic heterocycles. The predicted octanol–water partition coefficient (Wildman–Crippen LogP) is 5.28. The van der Waals surface area contributed by atoms with E-state index < -0.39 is 11.7 Å². The molecule has 11 nitrogen and oxygen atoms in total. The van der Waals surface area contributed by atoms with Crippen LogP contribution in [-0.2, 0) is 22.4 Å². The largest absolute Gasteiger partial charge is 0.462 e. The Balaban J connectivity index is 1.31. The number of aromatic nitrogens is 2. The molecule has 1 amide bonds. The van der Waals surface area contributed by atoms with E-state index >= 15 is 0 Å². The van der Waals surface area contributed by atoms with Gasteiger partial charge < -0.3 is 28.9 Å². The van der Waals surface area contributed by atoms with E-state index in [1.807, 2.05) is 32.9 Å². The van der Waals surface area contributed by atoms with Crippen LogP contribution in [0.4, 0.5) is 16.3 Å². The van der Waals surface area contributed by atoms with Gasteiger partial charge in [-0.05, 0) is 58.2 Å². The van der Waals surface area contributed by atoms with Gasteiger partial charge in [0.2, 0.25) is 0 Å². The summed E-state index contributed by atoms with van der Waals surface area (Å²) in [6, 6.07) is 14.7. The number of carbonyl (C=O) groups is 1. The quantitative estimate of drug-likeness (QED) is 0.332. The van der Waals surface area contributed by atoms with Crippen molar-refractivity contribution in [3.63, 3.8) is 0 Å². The summed E-state index contributed by atoms with van der Waals surface area (Å²) in [5.74, 6) is 0.807. The van der Waals surface area contributed by atoms with Crippen molar-refractivity contribution in [2.24, 2.45) is 0 Å². The number of carbonyl (C=O) groups excluding carboxylic acids is 1. The number of rotatable bonds is 7. The highest BCUT2D eigenvalue weighted by Crippen LogP contribution is 2.37. The average Bonchev–Trinajstić information content (AvgIpc) is 3.41. The number of likely N-dealkylation sites (N-methyl/N-ethyl adjacent to an activating group) is 1. The third-order valence-electron chi connectivity index (χ3n) is 9.32. The van der Waals surface area contributed by atoms with Gasteiger partial charge in [0.25, 0.3) is 0 Å². The van der Waals surface area contributed by atoms with E-state index in [-0.39, 0.29) is 24.6 Å². The Labute approximate surface area is 281 Å². The van der Waals surface area contributed by atoms with Crippen LogP contribution in [0.25, 0.3) is 10.8 Å². The lowest BCUT2D eigenvalue weighted by Crippen LogP contribution is -2.56. The number of anilines is 2. The number of likely N-dealkylation sites (tertiary alicyclic amines) is 1. The van der Waals surface area contributed by atoms with Gasteiger partial charge in [-0.2, -0.15) is 15.2 Å². The molecule has 3 aromatic rings. The van der Waals surface area contributed by atoms with Crippen LogP contribution in [0.1, 0.15) is 44.9 Å². The molecule has 1 aromatic heterocycles. The maximum Gasteiger partial charge on any atom is 0.410 e. The molecule has 4 heterocycles. The number of hydrogen-bond donors (Lipinski definition) is 0. The molecule has 3 atom stereocenters. The first-order valence-corrected chi connectivity index (χ1v) is 16.7. The summed E-state index contributed by atoms with van der Waals surface area (Å²) in [5, 5.41) is 12.5. The molecular formula is C35H44ClN7O4. The van der Waals surface area contributed by atoms with Crippen molar-refractivity contribution < 1.29 is 19.0 Å². The van der Waals surface area contributed by atoms with E-state index in [4.69, 9.17) is 35.8 Å². The van der Waals surface area contributed by atoms with Crippen molar-refractivity contribution in [2.45, 2.75) is 70.4 Å². The number of amides is 1. The van der Waals surface area contributed by atoms with Crippen LogP contribution in [0.3, 0.4) is 0 Å². The molecule has 6 rings (SSSR count). The second kappa shape index (κ2) is 13.7. The first-order chi connectivity index (χ1) is 22.5. The zero-order chi connectivity index (χ0) is 33.3. The molecule has 3 aliphatic rings. The molecule has 12 heteroatoms. The van der Waals surface area contributed by atoms with Crippen LogP contribution in [0, 0.1) is 11.3 Å². The summed E-state index contributed by atoms with van der Waals surface area (Å²) in [5.41, 5.74) is 2.42. The smallest absolute Gasteiger partial charge is 0.410 e. The lowest BCUT2D eigenvalue weighted by Gasteiger charge is -2.42. The maximum absolute atomic E-state index is 13.1. The highest BCUT2D eigenvalue weighted by molar-refractivity contribution is 6.36. The van der Waals surface area contributed by atoms with Gasteiger partial charge in [-0.1, -0.05) is 35.9 Å². The van der Waals surface area contributed by atoms with E-state index in [2.05, 4.69) is 52.1 Å². The summed E-state index contributed by atoms with van der Waals surface area (Å²) < 4.78 is 17.6. The van der Waals surface area contributed by atoms with Crippen LogP contribution in [0.2, 0.25) is 5.02 Å². The van der Waals surface area contributed by atoms with Gasteiger partial charge >= 0.3 is 12.1 Å². The zero-order valence-electron chi connectivity index (χ0n) is 27.9. The Kier molecular flexibility index (Phi) is 9.65. The van der Waals surface area contributed by atoms with Crippen LogP contribution in [-0.4, -0.2) is 103 Å². The highest BCUT2D eigenvalue weighted by atomic mass is 35.5. The van der Waals surface area contributed by atoms with Crippen LogP contribution < -0.4 is 14.5 Å². The minimum Gasteiger partial charge on any atom is -0.462 e. The second-order valence-corrected chi connectivity index (χ2v) is 14.1. The Morgan fingerprint density at radius 3 is 2.57 bits per heavy atom. The molecular weight excluding hydrogens is 618 g/mol. The number of hydrogen-bond acceptors (Lipinski definition) is 10. The van der Waals surface area contributed by atoms with Crippen molar-refractivity contribution in [3.05, 3.63) is 52.7 Å². The summed E-state index contributed by atoms with van der Waals surface area (Å²) in [4.78, 5) is 31.5. The fourth-order valence-electron chi connectivity index (χ4n) is 6.91. The van der Waals surface area contributed by atoms with Crippen LogP contribution in [0.15, 0.2) is 36.4 Å². The molecule has 2 aromatic carbocycles. The molecule has 47 heavy (non-hydrogen) atoms. The van der Waals surface area contributed by atoms with Crippen molar-refractivity contribution in [1.29, 1.82) is 5.26 Å². The molecule has 0 N–H and O–H groups in total. The van der Waals surface area contributed by atoms with E-state index in [0.29, 0.717) is 38.8 Å². The number of methoxy groups -OCH3 is 1. The topological polar surface area (TPSA) is 107 Å². The first kappa shape index (κ1) is 33.1. The van der Waals surface area contributed by atoms with E-state index in [1.165, 1.54) is 0 Å². The lowest BCUT2D eigenvalue weighted by molar-refractivity contribution is 0.0144. The molecule has 0 radical (unpaired) electrons. The number of ether oxygens (including phenoxy) is 3. The van der Waals surface area contributed by atoms with Crippen LogP contribution in [0.5, 0.6) is 6.01 Å². The van der Waals surface area contributed by atoms with Gasteiger partial charge in [-0.3, -0.25) is 4.90 Å². The van der Waals surface area contributed by atoms with Gasteiger partial charge in [-0.15, -0.1) is 0 Å². The Morgan fingerprint density at radius 2 is 1.85 bits per heavy atom. The highest BCUT2D eigenvalue weighted by Gasteiger charge is 2.36. The molecule has 0 saturated carbocycles. The van der Waals surface area contributed by atoms with Crippen molar-refractivity contribution >= 4 is 40.0 Å². The lowest BCUT2D eigenvalue weighted by atomic mass is 10.0. The maximum atomic E-state index is 13.1. The molecule has 2 fully saturated rings. The molecule has 250 valence electrons. The van der Waals surface area contributed by atoms with Gasteiger partial charge in [0.1, 0.15) is 18.0 Å². The second-order valence-electron chi connectivity index (χ2n) is 13.7. The number of nitriles is 1. The zero-order valence-corrected chi connectivity index (χ0v) is 28.7. The fourth-order valence-corrected chi connectivity index (χ4v) is 7.19. The Morgan fingerprint density at radius 1 is 1.06 bits per heavy atom. The van der Waals surface area contributed by atoms with Gasteiger partial charge in [0, 0.05) is 62.5 Å². The van der Waals surface area contributed by atoms with Gasteiger partial charge in [-0.25, -0.2) is 4.79 Å². The third kappa shape index (κ3) is 7.20. The van der Waals surface area contributed by atoms with E-state index in [1.54, 1.807) is 12.0 Å². The monoisotopic (exact) mass is 661 g/mol. The minimum atomic E-state index is -0.625. The normalized spacial score (nSPS) is 21.9. The van der Waals surface area contributed by atoms with Crippen LogP contribution >= 0.6 is 11.6 Å². The number of benzene rings is 2. The summed E-state index contributed by atoms with van der Waals surface area (Å²) >= 11 is 6.73. The van der Waals surface area contributed by atoms with Gasteiger partial charge in [0.15, 0.2) is 0 Å². The van der Waals surface area contributed by atoms with E-state index in [9.17, 15) is 10.1 Å². The number of halogens is 1. The molecule has 0 bridgehead atoms. The number of piperazine rings is 1. The fraction of sp³-hybridized carbons (Fsp3) is 0.543. The summed E-state index contributed by atoms with van der Waals surface area (Å²) in [7, 11) is 3.83. The van der Waals surface area contributed by atoms with Crippen molar-refractivity contribution in [1.82, 2.24) is 19.8 Å². The number of fused-ring (bicyclic) bond motifs is 2. The van der Waals surface area contributed by atoms with E-state index in [0.717, 1.165) is 64.5 Å². The Bertz CT molecular complexity index is 1650. The van der Waals surface area contributed by atoms with Gasteiger partial charge in [0.05, 0.1) is 41.9 Å². The Hall–Kier alpha value is -3.85. The third-order valence-corrected chi connectivity index (χ3v) is 9.64. The number of nitrogens with zero attached hydrogens (tertiary/aromatic N) is 7. The molecule has 0 spiro atoms. The standard InChI is InChI=1S/C35H44ClN7O4/c1-35(2,3)47-34(44)43-17-16-42(19-24(43)12-14-37)32-27-13-15-41(30-11-7-9-23-8-6-10-28(36)31(23)30)21-29(27)38-33(39-32)46-22-25-18-26(45-5)20-40(25)4/h6-11,24-26H,12-13,15-22H2,1-5H3/t24-,25-,26+/m0/s1. The average molecular weight is 662 g/mol.